The maximum absolute atomic E-state index is 6.07. The molecule has 0 fully saturated rings. The van der Waals surface area contributed by atoms with E-state index in [1.54, 1.807) is 0 Å². The van der Waals surface area contributed by atoms with Crippen molar-refractivity contribution in [3.05, 3.63) is 21.9 Å². The SMILES string of the molecule is CCc1ccc([C@H](N)CCCCN)s1. The van der Waals surface area contributed by atoms with Crippen LogP contribution in [0.25, 0.3) is 0 Å². The van der Waals surface area contributed by atoms with Crippen LogP contribution in [0.5, 0.6) is 0 Å². The zero-order valence-electron chi connectivity index (χ0n) is 8.83. The molecule has 0 aromatic carbocycles. The van der Waals surface area contributed by atoms with E-state index in [0.29, 0.717) is 0 Å². The molecule has 80 valence electrons. The van der Waals surface area contributed by atoms with Crippen LogP contribution >= 0.6 is 11.3 Å². The topological polar surface area (TPSA) is 52.0 Å². The van der Waals surface area contributed by atoms with Gasteiger partial charge in [0, 0.05) is 15.8 Å². The average molecular weight is 212 g/mol. The van der Waals surface area contributed by atoms with E-state index >= 15 is 0 Å². The summed E-state index contributed by atoms with van der Waals surface area (Å²) in [6.45, 7) is 2.95. The number of rotatable bonds is 6. The lowest BCUT2D eigenvalue weighted by atomic mass is 10.1. The molecular formula is C11H20N2S. The van der Waals surface area contributed by atoms with Crippen LogP contribution in [0, 0.1) is 0 Å². The van der Waals surface area contributed by atoms with Crippen molar-refractivity contribution < 1.29 is 0 Å². The zero-order valence-corrected chi connectivity index (χ0v) is 9.65. The fraction of sp³-hybridized carbons (Fsp3) is 0.636. The third kappa shape index (κ3) is 3.40. The van der Waals surface area contributed by atoms with Crippen LogP contribution in [0.1, 0.15) is 42.0 Å². The Morgan fingerprint density at radius 2 is 2.14 bits per heavy atom. The van der Waals surface area contributed by atoms with Crippen molar-refractivity contribution in [2.75, 3.05) is 6.54 Å². The Kier molecular flexibility index (Phi) is 5.15. The first-order valence-corrected chi connectivity index (χ1v) is 6.13. The summed E-state index contributed by atoms with van der Waals surface area (Å²) in [7, 11) is 0. The summed E-state index contributed by atoms with van der Waals surface area (Å²) in [6, 6.07) is 4.56. The van der Waals surface area contributed by atoms with E-state index in [1.165, 1.54) is 9.75 Å². The Morgan fingerprint density at radius 3 is 2.71 bits per heavy atom. The largest absolute Gasteiger partial charge is 0.330 e. The van der Waals surface area contributed by atoms with Crippen LogP contribution in [0.15, 0.2) is 12.1 Å². The highest BCUT2D eigenvalue weighted by molar-refractivity contribution is 7.12. The van der Waals surface area contributed by atoms with Gasteiger partial charge in [-0.2, -0.15) is 0 Å². The van der Waals surface area contributed by atoms with Crippen LogP contribution in [0.2, 0.25) is 0 Å². The van der Waals surface area contributed by atoms with E-state index in [4.69, 9.17) is 11.5 Å². The number of nitrogens with two attached hydrogens (primary N) is 2. The minimum absolute atomic E-state index is 0.215. The fourth-order valence-electron chi connectivity index (χ4n) is 1.43. The lowest BCUT2D eigenvalue weighted by molar-refractivity contribution is 0.598. The van der Waals surface area contributed by atoms with E-state index in [9.17, 15) is 0 Å². The molecule has 4 N–H and O–H groups in total. The van der Waals surface area contributed by atoms with E-state index in [1.807, 2.05) is 11.3 Å². The molecule has 14 heavy (non-hydrogen) atoms. The predicted octanol–water partition coefficient (Wildman–Crippen LogP) is 2.44. The molecule has 1 rings (SSSR count). The van der Waals surface area contributed by atoms with Crippen molar-refractivity contribution in [1.29, 1.82) is 0 Å². The molecule has 1 aromatic heterocycles. The number of hydrogen-bond donors (Lipinski definition) is 2. The van der Waals surface area contributed by atoms with Gasteiger partial charge in [0.05, 0.1) is 0 Å². The summed E-state index contributed by atoms with van der Waals surface area (Å²) in [4.78, 5) is 2.74. The third-order valence-corrected chi connectivity index (χ3v) is 3.73. The highest BCUT2D eigenvalue weighted by atomic mass is 32.1. The predicted molar refractivity (Wildman–Crippen MR) is 63.5 cm³/mol. The van der Waals surface area contributed by atoms with Gasteiger partial charge in [0.2, 0.25) is 0 Å². The molecule has 0 aliphatic rings. The summed E-state index contributed by atoms with van der Waals surface area (Å²) in [6.07, 6.45) is 4.39. The van der Waals surface area contributed by atoms with Crippen molar-refractivity contribution in [2.45, 2.75) is 38.6 Å². The van der Waals surface area contributed by atoms with Gasteiger partial charge in [0.15, 0.2) is 0 Å². The highest BCUT2D eigenvalue weighted by Crippen LogP contribution is 2.25. The van der Waals surface area contributed by atoms with Gasteiger partial charge in [0.1, 0.15) is 0 Å². The highest BCUT2D eigenvalue weighted by Gasteiger charge is 2.07. The normalized spacial score (nSPS) is 13.1. The molecule has 0 aliphatic carbocycles. The summed E-state index contributed by atoms with van der Waals surface area (Å²) >= 11 is 1.84. The Bertz CT molecular complexity index is 258. The van der Waals surface area contributed by atoms with E-state index in [2.05, 4.69) is 19.1 Å². The lowest BCUT2D eigenvalue weighted by Gasteiger charge is -2.08. The zero-order chi connectivity index (χ0) is 10.4. The molecule has 2 nitrogen and oxygen atoms in total. The number of hydrogen-bond acceptors (Lipinski definition) is 3. The minimum Gasteiger partial charge on any atom is -0.330 e. The van der Waals surface area contributed by atoms with Crippen LogP contribution < -0.4 is 11.5 Å². The average Bonchev–Trinajstić information content (AvgIpc) is 2.66. The summed E-state index contributed by atoms with van der Waals surface area (Å²) in [5.74, 6) is 0. The molecule has 0 spiro atoms. The van der Waals surface area contributed by atoms with Crippen LogP contribution in [0.4, 0.5) is 0 Å². The first kappa shape index (κ1) is 11.7. The van der Waals surface area contributed by atoms with Crippen LogP contribution in [-0.2, 0) is 6.42 Å². The van der Waals surface area contributed by atoms with Gasteiger partial charge < -0.3 is 11.5 Å². The smallest absolute Gasteiger partial charge is 0.0389 e. The quantitative estimate of drug-likeness (QED) is 0.712. The maximum Gasteiger partial charge on any atom is 0.0389 e. The second kappa shape index (κ2) is 6.17. The summed E-state index contributed by atoms with van der Waals surface area (Å²) in [5.41, 5.74) is 11.5. The van der Waals surface area contributed by atoms with Crippen LogP contribution in [-0.4, -0.2) is 6.54 Å². The van der Waals surface area contributed by atoms with Gasteiger partial charge in [-0.1, -0.05) is 13.3 Å². The molecule has 3 heteroatoms. The molecule has 0 saturated carbocycles. The van der Waals surface area contributed by atoms with Crippen LogP contribution in [0.3, 0.4) is 0 Å². The van der Waals surface area contributed by atoms with E-state index in [0.717, 1.165) is 32.2 Å². The molecule has 0 amide bonds. The number of unbranched alkanes of at least 4 members (excludes halogenated alkanes) is 1. The number of thiophene rings is 1. The van der Waals surface area contributed by atoms with Gasteiger partial charge in [-0.05, 0) is 37.9 Å². The molecule has 0 saturated heterocycles. The summed E-state index contributed by atoms with van der Waals surface area (Å²) in [5, 5.41) is 0. The molecule has 0 bridgehead atoms. The Morgan fingerprint density at radius 1 is 1.36 bits per heavy atom. The molecule has 1 aromatic rings. The second-order valence-electron chi connectivity index (χ2n) is 3.55. The first-order valence-electron chi connectivity index (χ1n) is 5.32. The molecule has 0 unspecified atom stereocenters. The monoisotopic (exact) mass is 212 g/mol. The standard InChI is InChI=1S/C11H20N2S/c1-2-9-6-7-11(14-9)10(13)5-3-4-8-12/h6-7,10H,2-5,8,12-13H2,1H3/t10-/m1/s1. The fourth-order valence-corrected chi connectivity index (χ4v) is 2.42. The molecule has 0 aliphatic heterocycles. The lowest BCUT2D eigenvalue weighted by Crippen LogP contribution is -2.09. The van der Waals surface area contributed by atoms with Gasteiger partial charge in [-0.25, -0.2) is 0 Å². The Labute approximate surface area is 90.3 Å². The van der Waals surface area contributed by atoms with Crippen molar-refractivity contribution in [2.24, 2.45) is 11.5 Å². The van der Waals surface area contributed by atoms with Gasteiger partial charge in [-0.15, -0.1) is 11.3 Å². The van der Waals surface area contributed by atoms with Crippen molar-refractivity contribution in [1.82, 2.24) is 0 Å². The number of aryl methyl sites for hydroxylation is 1. The van der Waals surface area contributed by atoms with Crippen molar-refractivity contribution in [3.63, 3.8) is 0 Å². The van der Waals surface area contributed by atoms with Crippen molar-refractivity contribution >= 4 is 11.3 Å². The van der Waals surface area contributed by atoms with E-state index < -0.39 is 0 Å². The third-order valence-electron chi connectivity index (χ3n) is 2.37. The summed E-state index contributed by atoms with van der Waals surface area (Å²) < 4.78 is 0. The molecule has 0 radical (unpaired) electrons. The van der Waals surface area contributed by atoms with Gasteiger partial charge in [-0.3, -0.25) is 0 Å². The molecular weight excluding hydrogens is 192 g/mol. The Balaban J connectivity index is 2.39. The second-order valence-corrected chi connectivity index (χ2v) is 4.75. The van der Waals surface area contributed by atoms with Gasteiger partial charge >= 0.3 is 0 Å². The molecule has 1 atom stereocenters. The Hall–Kier alpha value is -0.380. The van der Waals surface area contributed by atoms with Crippen molar-refractivity contribution in [3.8, 4) is 0 Å². The van der Waals surface area contributed by atoms with E-state index in [-0.39, 0.29) is 6.04 Å². The first-order chi connectivity index (χ1) is 6.77. The maximum atomic E-state index is 6.07. The minimum atomic E-state index is 0.215. The van der Waals surface area contributed by atoms with Gasteiger partial charge in [0.25, 0.3) is 0 Å². The molecule has 1 heterocycles.